The molecular formula is C18H14F3N3O2. The minimum absolute atomic E-state index is 0.393. The molecule has 0 unspecified atom stereocenters. The maximum absolute atomic E-state index is 12.6. The van der Waals surface area contributed by atoms with Gasteiger partial charge in [0.1, 0.15) is 6.33 Å². The van der Waals surface area contributed by atoms with Gasteiger partial charge in [-0.05, 0) is 48.9 Å². The maximum Gasteiger partial charge on any atom is 0.416 e. The standard InChI is InChI=1S/C18H14F3N3O2/c1-11-9-12(3-8-15(11)17(25)26-2)16-22-10-24(23-16)14-6-4-13(5-7-14)18(19,20)21/h3-10H,1-2H3. The largest absolute Gasteiger partial charge is 0.465 e. The molecule has 0 saturated heterocycles. The van der Waals surface area contributed by atoms with Crippen molar-refractivity contribution in [2.75, 3.05) is 7.11 Å². The second-order valence-electron chi connectivity index (χ2n) is 5.58. The molecule has 3 aromatic rings. The summed E-state index contributed by atoms with van der Waals surface area (Å²) in [6.07, 6.45) is -2.97. The van der Waals surface area contributed by atoms with Gasteiger partial charge < -0.3 is 4.74 Å². The highest BCUT2D eigenvalue weighted by atomic mass is 19.4. The molecule has 1 heterocycles. The van der Waals surface area contributed by atoms with Crippen molar-refractivity contribution in [3.05, 3.63) is 65.5 Å². The molecule has 1 aromatic heterocycles. The normalized spacial score (nSPS) is 11.4. The van der Waals surface area contributed by atoms with Crippen molar-refractivity contribution in [3.8, 4) is 17.1 Å². The Morgan fingerprint density at radius 1 is 1.12 bits per heavy atom. The van der Waals surface area contributed by atoms with Crippen LogP contribution in [-0.2, 0) is 10.9 Å². The summed E-state index contributed by atoms with van der Waals surface area (Å²) in [6.45, 7) is 1.77. The number of aryl methyl sites for hydroxylation is 1. The van der Waals surface area contributed by atoms with Gasteiger partial charge in [0, 0.05) is 5.56 Å². The van der Waals surface area contributed by atoms with E-state index in [1.807, 2.05) is 0 Å². The smallest absolute Gasteiger partial charge is 0.416 e. The van der Waals surface area contributed by atoms with E-state index in [1.165, 1.54) is 30.3 Å². The fourth-order valence-corrected chi connectivity index (χ4v) is 2.46. The van der Waals surface area contributed by atoms with E-state index < -0.39 is 17.7 Å². The first-order chi connectivity index (χ1) is 12.3. The number of halogens is 3. The number of benzene rings is 2. The molecule has 0 N–H and O–H groups in total. The fourth-order valence-electron chi connectivity index (χ4n) is 2.46. The highest BCUT2D eigenvalue weighted by Gasteiger charge is 2.30. The SMILES string of the molecule is COC(=O)c1ccc(-c2ncn(-c3ccc(C(F)(F)F)cc3)n2)cc1C. The molecular weight excluding hydrogens is 347 g/mol. The first-order valence-corrected chi connectivity index (χ1v) is 7.58. The molecule has 0 atom stereocenters. The summed E-state index contributed by atoms with van der Waals surface area (Å²) in [4.78, 5) is 15.8. The first-order valence-electron chi connectivity index (χ1n) is 7.58. The Morgan fingerprint density at radius 3 is 2.38 bits per heavy atom. The van der Waals surface area contributed by atoms with Crippen LogP contribution in [0.15, 0.2) is 48.8 Å². The van der Waals surface area contributed by atoms with E-state index in [9.17, 15) is 18.0 Å². The molecule has 5 nitrogen and oxygen atoms in total. The number of alkyl halides is 3. The van der Waals surface area contributed by atoms with Gasteiger partial charge >= 0.3 is 12.1 Å². The number of nitrogens with zero attached hydrogens (tertiary/aromatic N) is 3. The lowest BCUT2D eigenvalue weighted by Crippen LogP contribution is -2.05. The Hall–Kier alpha value is -3.16. The topological polar surface area (TPSA) is 57.0 Å². The van der Waals surface area contributed by atoms with Gasteiger partial charge in [0.15, 0.2) is 5.82 Å². The van der Waals surface area contributed by atoms with Crippen LogP contribution in [0, 0.1) is 6.92 Å². The highest BCUT2D eigenvalue weighted by molar-refractivity contribution is 5.91. The van der Waals surface area contributed by atoms with Crippen LogP contribution in [0.3, 0.4) is 0 Å². The van der Waals surface area contributed by atoms with E-state index in [2.05, 4.69) is 10.1 Å². The molecule has 3 rings (SSSR count). The molecule has 2 aromatic carbocycles. The maximum atomic E-state index is 12.6. The van der Waals surface area contributed by atoms with Crippen LogP contribution in [0.1, 0.15) is 21.5 Å². The highest BCUT2D eigenvalue weighted by Crippen LogP contribution is 2.29. The van der Waals surface area contributed by atoms with Crippen molar-refractivity contribution < 1.29 is 22.7 Å². The van der Waals surface area contributed by atoms with Crippen molar-refractivity contribution in [3.63, 3.8) is 0 Å². The third-order valence-corrected chi connectivity index (χ3v) is 3.84. The van der Waals surface area contributed by atoms with Crippen LogP contribution in [0.5, 0.6) is 0 Å². The van der Waals surface area contributed by atoms with E-state index in [0.717, 1.165) is 12.1 Å². The van der Waals surface area contributed by atoms with Crippen LogP contribution >= 0.6 is 0 Å². The fraction of sp³-hybridized carbons (Fsp3) is 0.167. The lowest BCUT2D eigenvalue weighted by Gasteiger charge is -2.07. The molecule has 0 aliphatic rings. The Kier molecular flexibility index (Phi) is 4.50. The monoisotopic (exact) mass is 361 g/mol. The van der Waals surface area contributed by atoms with E-state index in [1.54, 1.807) is 25.1 Å². The summed E-state index contributed by atoms with van der Waals surface area (Å²) in [7, 11) is 1.31. The zero-order valence-electron chi connectivity index (χ0n) is 13.9. The van der Waals surface area contributed by atoms with Crippen molar-refractivity contribution in [1.82, 2.24) is 14.8 Å². The number of aromatic nitrogens is 3. The number of esters is 1. The number of rotatable bonds is 3. The van der Waals surface area contributed by atoms with Crippen LogP contribution in [0.25, 0.3) is 17.1 Å². The van der Waals surface area contributed by atoms with Gasteiger partial charge in [-0.15, -0.1) is 5.10 Å². The van der Waals surface area contributed by atoms with Crippen LogP contribution < -0.4 is 0 Å². The lowest BCUT2D eigenvalue weighted by atomic mass is 10.0. The van der Waals surface area contributed by atoms with Gasteiger partial charge in [-0.3, -0.25) is 0 Å². The number of carbonyl (C=O) groups excluding carboxylic acids is 1. The summed E-state index contributed by atoms with van der Waals surface area (Å²) in [5.41, 5.74) is 1.56. The third-order valence-electron chi connectivity index (χ3n) is 3.84. The Balaban J connectivity index is 1.88. The first kappa shape index (κ1) is 17.7. The van der Waals surface area contributed by atoms with E-state index in [4.69, 9.17) is 4.74 Å². The molecule has 0 saturated carbocycles. The number of hydrogen-bond acceptors (Lipinski definition) is 4. The van der Waals surface area contributed by atoms with Gasteiger partial charge in [-0.1, -0.05) is 6.07 Å². The van der Waals surface area contributed by atoms with Gasteiger partial charge in [0.05, 0.1) is 23.9 Å². The van der Waals surface area contributed by atoms with Crippen molar-refractivity contribution >= 4 is 5.97 Å². The molecule has 0 aliphatic heterocycles. The molecule has 0 radical (unpaired) electrons. The van der Waals surface area contributed by atoms with E-state index in [-0.39, 0.29) is 0 Å². The molecule has 0 bridgehead atoms. The van der Waals surface area contributed by atoms with E-state index >= 15 is 0 Å². The molecule has 8 heteroatoms. The minimum atomic E-state index is -4.38. The molecule has 0 aliphatic carbocycles. The molecule has 0 amide bonds. The van der Waals surface area contributed by atoms with Crippen molar-refractivity contribution in [1.29, 1.82) is 0 Å². The summed E-state index contributed by atoms with van der Waals surface area (Å²) in [5.74, 6) is -0.0401. The van der Waals surface area contributed by atoms with Crippen LogP contribution in [-0.4, -0.2) is 27.8 Å². The number of methoxy groups -OCH3 is 1. The molecule has 0 fully saturated rings. The Bertz CT molecular complexity index is 947. The second kappa shape index (κ2) is 6.62. The van der Waals surface area contributed by atoms with Gasteiger partial charge in [0.25, 0.3) is 0 Å². The quantitative estimate of drug-likeness (QED) is 0.661. The number of hydrogen-bond donors (Lipinski definition) is 0. The van der Waals surface area contributed by atoms with Crippen molar-refractivity contribution in [2.24, 2.45) is 0 Å². The van der Waals surface area contributed by atoms with Crippen LogP contribution in [0.2, 0.25) is 0 Å². The van der Waals surface area contributed by atoms with Gasteiger partial charge in [-0.2, -0.15) is 13.2 Å². The second-order valence-corrected chi connectivity index (χ2v) is 5.58. The molecule has 0 spiro atoms. The zero-order valence-corrected chi connectivity index (χ0v) is 13.9. The summed E-state index contributed by atoms with van der Waals surface area (Å²) in [5, 5.41) is 4.29. The zero-order chi connectivity index (χ0) is 18.9. The molecule has 26 heavy (non-hydrogen) atoms. The third kappa shape index (κ3) is 3.44. The van der Waals surface area contributed by atoms with Gasteiger partial charge in [0.2, 0.25) is 0 Å². The predicted molar refractivity (Wildman–Crippen MR) is 87.9 cm³/mol. The lowest BCUT2D eigenvalue weighted by molar-refractivity contribution is -0.137. The average Bonchev–Trinajstić information content (AvgIpc) is 3.10. The summed E-state index contributed by atoms with van der Waals surface area (Å²) < 4.78 is 44.0. The minimum Gasteiger partial charge on any atom is -0.465 e. The van der Waals surface area contributed by atoms with E-state index in [0.29, 0.717) is 28.2 Å². The average molecular weight is 361 g/mol. The number of ether oxygens (including phenoxy) is 1. The number of carbonyl (C=O) groups is 1. The van der Waals surface area contributed by atoms with Crippen molar-refractivity contribution in [2.45, 2.75) is 13.1 Å². The summed E-state index contributed by atoms with van der Waals surface area (Å²) >= 11 is 0. The Morgan fingerprint density at radius 2 is 1.81 bits per heavy atom. The molecule has 134 valence electrons. The predicted octanol–water partition coefficient (Wildman–Crippen LogP) is 4.05. The summed E-state index contributed by atoms with van der Waals surface area (Å²) in [6, 6.07) is 9.69. The van der Waals surface area contributed by atoms with Gasteiger partial charge in [-0.25, -0.2) is 14.5 Å². The van der Waals surface area contributed by atoms with Crippen LogP contribution in [0.4, 0.5) is 13.2 Å². The Labute approximate surface area is 147 Å².